The average Bonchev–Trinajstić information content (AvgIpc) is 2.75. The van der Waals surface area contributed by atoms with Crippen LogP contribution in [0.4, 0.5) is 5.13 Å². The highest BCUT2D eigenvalue weighted by atomic mass is 32.2. The first kappa shape index (κ1) is 12.1. The lowest BCUT2D eigenvalue weighted by atomic mass is 10.4. The van der Waals surface area contributed by atoms with E-state index >= 15 is 0 Å². The predicted octanol–water partition coefficient (Wildman–Crippen LogP) is 2.79. The van der Waals surface area contributed by atoms with Crippen LogP contribution in [0.3, 0.4) is 0 Å². The van der Waals surface area contributed by atoms with Crippen LogP contribution in [0.1, 0.15) is 11.9 Å². The molecule has 4 nitrogen and oxygen atoms in total. The van der Waals surface area contributed by atoms with Gasteiger partial charge in [0.15, 0.2) is 0 Å². The second kappa shape index (κ2) is 5.79. The van der Waals surface area contributed by atoms with Gasteiger partial charge in [0.1, 0.15) is 5.01 Å². The molecule has 0 aliphatic rings. The van der Waals surface area contributed by atoms with Crippen LogP contribution in [0, 0.1) is 0 Å². The topological polar surface area (TPSA) is 54.9 Å². The number of carbonyl (C=O) groups is 1. The largest absolute Gasteiger partial charge is 0.301 e. The Morgan fingerprint density at radius 3 is 2.82 bits per heavy atom. The second-order valence-electron chi connectivity index (χ2n) is 3.28. The highest BCUT2D eigenvalue weighted by Crippen LogP contribution is 2.25. The summed E-state index contributed by atoms with van der Waals surface area (Å²) >= 11 is 3.11. The zero-order valence-corrected chi connectivity index (χ0v) is 10.8. The number of nitrogens with one attached hydrogen (secondary N) is 1. The Hall–Kier alpha value is -1.40. The summed E-state index contributed by atoms with van der Waals surface area (Å²) in [4.78, 5) is 12.0. The highest BCUT2D eigenvalue weighted by molar-refractivity contribution is 7.98. The Labute approximate surface area is 107 Å². The van der Waals surface area contributed by atoms with Crippen LogP contribution in [0.2, 0.25) is 0 Å². The summed E-state index contributed by atoms with van der Waals surface area (Å²) < 4.78 is 0. The van der Waals surface area contributed by atoms with Crippen LogP contribution in [-0.2, 0) is 10.5 Å². The summed E-state index contributed by atoms with van der Waals surface area (Å²) in [5.41, 5.74) is 0. The van der Waals surface area contributed by atoms with E-state index in [-0.39, 0.29) is 5.91 Å². The van der Waals surface area contributed by atoms with Gasteiger partial charge in [-0.3, -0.25) is 4.79 Å². The fraction of sp³-hybridized carbons (Fsp3) is 0.182. The van der Waals surface area contributed by atoms with Gasteiger partial charge in [0.25, 0.3) is 0 Å². The summed E-state index contributed by atoms with van der Waals surface area (Å²) in [6.45, 7) is 1.46. The molecule has 2 aromatic rings. The van der Waals surface area contributed by atoms with Gasteiger partial charge >= 0.3 is 0 Å². The van der Waals surface area contributed by atoms with Gasteiger partial charge in [-0.25, -0.2) is 0 Å². The van der Waals surface area contributed by atoms with E-state index in [1.165, 1.54) is 23.2 Å². The number of aromatic nitrogens is 2. The first-order valence-electron chi connectivity index (χ1n) is 5.02. The number of amides is 1. The van der Waals surface area contributed by atoms with Crippen molar-refractivity contribution in [1.82, 2.24) is 10.2 Å². The molecule has 0 saturated carbocycles. The SMILES string of the molecule is CC(=O)Nc1nnc(CSc2ccccc2)s1. The molecule has 0 aliphatic carbocycles. The molecule has 1 aromatic carbocycles. The second-order valence-corrected chi connectivity index (χ2v) is 5.39. The van der Waals surface area contributed by atoms with E-state index in [4.69, 9.17) is 0 Å². The molecule has 2 rings (SSSR count). The van der Waals surface area contributed by atoms with E-state index in [0.29, 0.717) is 5.13 Å². The third-order valence-electron chi connectivity index (χ3n) is 1.86. The Kier molecular flexibility index (Phi) is 4.11. The lowest BCUT2D eigenvalue weighted by molar-refractivity contribution is -0.114. The Balaban J connectivity index is 1.91. The molecule has 0 atom stereocenters. The van der Waals surface area contributed by atoms with Crippen molar-refractivity contribution in [3.63, 3.8) is 0 Å². The number of anilines is 1. The van der Waals surface area contributed by atoms with Gasteiger partial charge in [0.05, 0.1) is 5.75 Å². The fourth-order valence-corrected chi connectivity index (χ4v) is 2.87. The molecule has 1 heterocycles. The maximum atomic E-state index is 10.8. The van der Waals surface area contributed by atoms with E-state index in [2.05, 4.69) is 27.6 Å². The van der Waals surface area contributed by atoms with Gasteiger partial charge in [0.2, 0.25) is 11.0 Å². The zero-order valence-electron chi connectivity index (χ0n) is 9.21. The van der Waals surface area contributed by atoms with Crippen molar-refractivity contribution in [3.05, 3.63) is 35.3 Å². The standard InChI is InChI=1S/C11H11N3OS2/c1-8(15)12-11-14-13-10(17-11)7-16-9-5-3-2-4-6-9/h2-6H,7H2,1H3,(H,12,14,15). The monoisotopic (exact) mass is 265 g/mol. The number of hydrogen-bond acceptors (Lipinski definition) is 5. The summed E-state index contributed by atoms with van der Waals surface area (Å²) in [5.74, 6) is 0.643. The van der Waals surface area contributed by atoms with Crippen LogP contribution in [0.5, 0.6) is 0 Å². The van der Waals surface area contributed by atoms with Gasteiger partial charge < -0.3 is 5.32 Å². The number of benzene rings is 1. The van der Waals surface area contributed by atoms with Crippen molar-refractivity contribution in [2.24, 2.45) is 0 Å². The fourth-order valence-electron chi connectivity index (χ4n) is 1.17. The highest BCUT2D eigenvalue weighted by Gasteiger charge is 2.05. The van der Waals surface area contributed by atoms with Gasteiger partial charge in [-0.05, 0) is 12.1 Å². The minimum Gasteiger partial charge on any atom is -0.301 e. The van der Waals surface area contributed by atoms with Crippen LogP contribution in [0.25, 0.3) is 0 Å². The molecule has 0 spiro atoms. The Morgan fingerprint density at radius 2 is 2.12 bits per heavy atom. The molecule has 0 saturated heterocycles. The maximum Gasteiger partial charge on any atom is 0.223 e. The number of carbonyl (C=O) groups excluding carboxylic acids is 1. The first-order valence-corrected chi connectivity index (χ1v) is 6.82. The van der Waals surface area contributed by atoms with Gasteiger partial charge in [-0.15, -0.1) is 22.0 Å². The van der Waals surface area contributed by atoms with Crippen molar-refractivity contribution >= 4 is 34.1 Å². The van der Waals surface area contributed by atoms with Crippen LogP contribution in [0.15, 0.2) is 35.2 Å². The number of nitrogens with zero attached hydrogens (tertiary/aromatic N) is 2. The number of rotatable bonds is 4. The molecule has 0 aliphatic heterocycles. The molecule has 1 N–H and O–H groups in total. The van der Waals surface area contributed by atoms with Gasteiger partial charge in [-0.1, -0.05) is 29.5 Å². The molecule has 88 valence electrons. The van der Waals surface area contributed by atoms with E-state index in [1.54, 1.807) is 11.8 Å². The molecule has 6 heteroatoms. The normalized spacial score (nSPS) is 10.2. The molecule has 0 fully saturated rings. The molecule has 1 aromatic heterocycles. The first-order chi connectivity index (χ1) is 8.24. The third-order valence-corrected chi connectivity index (χ3v) is 3.90. The molecule has 0 radical (unpaired) electrons. The van der Waals surface area contributed by atoms with Crippen LogP contribution in [-0.4, -0.2) is 16.1 Å². The lowest BCUT2D eigenvalue weighted by Gasteiger charge is -1.96. The smallest absolute Gasteiger partial charge is 0.223 e. The van der Waals surface area contributed by atoms with Crippen LogP contribution >= 0.6 is 23.1 Å². The van der Waals surface area contributed by atoms with E-state index in [1.807, 2.05) is 18.2 Å². The summed E-state index contributed by atoms with van der Waals surface area (Å²) in [5, 5.41) is 12.0. The number of thioether (sulfide) groups is 1. The van der Waals surface area contributed by atoms with Crippen molar-refractivity contribution < 1.29 is 4.79 Å². The van der Waals surface area contributed by atoms with E-state index < -0.39 is 0 Å². The molecular formula is C11H11N3OS2. The number of hydrogen-bond donors (Lipinski definition) is 1. The molecule has 0 unspecified atom stereocenters. The Bertz CT molecular complexity index is 498. The van der Waals surface area contributed by atoms with Gasteiger partial charge in [-0.2, -0.15) is 0 Å². The average molecular weight is 265 g/mol. The Morgan fingerprint density at radius 1 is 1.35 bits per heavy atom. The summed E-state index contributed by atoms with van der Waals surface area (Å²) in [6, 6.07) is 10.1. The minimum absolute atomic E-state index is 0.122. The quantitative estimate of drug-likeness (QED) is 0.864. The van der Waals surface area contributed by atoms with Crippen molar-refractivity contribution in [2.75, 3.05) is 5.32 Å². The van der Waals surface area contributed by atoms with Gasteiger partial charge in [0, 0.05) is 11.8 Å². The molecular weight excluding hydrogens is 254 g/mol. The molecule has 1 amide bonds. The lowest BCUT2D eigenvalue weighted by Crippen LogP contribution is -2.04. The minimum atomic E-state index is -0.122. The predicted molar refractivity (Wildman–Crippen MR) is 70.2 cm³/mol. The molecule has 17 heavy (non-hydrogen) atoms. The van der Waals surface area contributed by atoms with Crippen molar-refractivity contribution in [3.8, 4) is 0 Å². The molecule has 0 bridgehead atoms. The van der Waals surface area contributed by atoms with Crippen molar-refractivity contribution in [2.45, 2.75) is 17.6 Å². The third kappa shape index (κ3) is 3.83. The summed E-state index contributed by atoms with van der Waals surface area (Å²) in [6.07, 6.45) is 0. The summed E-state index contributed by atoms with van der Waals surface area (Å²) in [7, 11) is 0. The van der Waals surface area contributed by atoms with E-state index in [9.17, 15) is 4.79 Å². The van der Waals surface area contributed by atoms with E-state index in [0.717, 1.165) is 10.8 Å². The van der Waals surface area contributed by atoms with Crippen LogP contribution < -0.4 is 5.32 Å². The maximum absolute atomic E-state index is 10.8. The zero-order chi connectivity index (χ0) is 12.1. The van der Waals surface area contributed by atoms with Crippen molar-refractivity contribution in [1.29, 1.82) is 0 Å².